The van der Waals surface area contributed by atoms with Crippen LogP contribution in [0, 0.1) is 11.8 Å². The van der Waals surface area contributed by atoms with Gasteiger partial charge in [0, 0.05) is 0 Å². The maximum Gasteiger partial charge on any atom is 0.268 e. The maximum atomic E-state index is 11.4. The second kappa shape index (κ2) is 8.45. The lowest BCUT2D eigenvalue weighted by molar-refractivity contribution is 0.337. The van der Waals surface area contributed by atoms with Crippen molar-refractivity contribution in [2.75, 3.05) is 0 Å². The van der Waals surface area contributed by atoms with Crippen LogP contribution in [0.2, 0.25) is 0 Å². The lowest BCUT2D eigenvalue weighted by atomic mass is 9.89. The van der Waals surface area contributed by atoms with E-state index in [0.717, 1.165) is 0 Å². The van der Waals surface area contributed by atoms with E-state index in [-0.39, 0.29) is 11.8 Å². The summed E-state index contributed by atoms with van der Waals surface area (Å²) >= 11 is 0. The molecule has 0 saturated heterocycles. The van der Waals surface area contributed by atoms with Crippen molar-refractivity contribution in [1.29, 1.82) is 0 Å². The first-order valence-corrected chi connectivity index (χ1v) is 10.4. The Morgan fingerprint density at radius 3 is 1.24 bits per heavy atom. The molecular formula is C13H28O6S2. The van der Waals surface area contributed by atoms with E-state index in [1.807, 2.05) is 13.8 Å². The van der Waals surface area contributed by atoms with Gasteiger partial charge in [0.05, 0.1) is 10.5 Å². The Morgan fingerprint density at radius 1 is 0.762 bits per heavy atom. The van der Waals surface area contributed by atoms with Gasteiger partial charge in [0.1, 0.15) is 0 Å². The van der Waals surface area contributed by atoms with Gasteiger partial charge in [-0.3, -0.25) is 9.11 Å². The van der Waals surface area contributed by atoms with E-state index in [9.17, 15) is 25.9 Å². The van der Waals surface area contributed by atoms with Crippen LogP contribution < -0.4 is 0 Å². The molecule has 8 heteroatoms. The first kappa shape index (κ1) is 20.8. The Hall–Kier alpha value is -0.180. The summed E-state index contributed by atoms with van der Waals surface area (Å²) in [7, 11) is -8.31. The summed E-state index contributed by atoms with van der Waals surface area (Å²) in [5.41, 5.74) is 0. The first-order valence-electron chi connectivity index (χ1n) is 7.37. The fraction of sp³-hybridized carbons (Fsp3) is 1.00. The van der Waals surface area contributed by atoms with Gasteiger partial charge in [-0.1, -0.05) is 40.5 Å². The minimum atomic E-state index is -4.16. The smallest absolute Gasteiger partial charge is 0.268 e. The van der Waals surface area contributed by atoms with Crippen LogP contribution >= 0.6 is 0 Å². The van der Waals surface area contributed by atoms with Crippen LogP contribution in [0.15, 0.2) is 0 Å². The molecule has 0 aromatic carbocycles. The van der Waals surface area contributed by atoms with Crippen LogP contribution in [-0.4, -0.2) is 36.4 Å². The summed E-state index contributed by atoms with van der Waals surface area (Å²) < 4.78 is 64.3. The van der Waals surface area contributed by atoms with Gasteiger partial charge in [0.25, 0.3) is 20.2 Å². The van der Waals surface area contributed by atoms with Gasteiger partial charge in [-0.2, -0.15) is 16.8 Å². The zero-order valence-corrected chi connectivity index (χ0v) is 14.8. The molecule has 0 rings (SSSR count). The molecule has 0 aliphatic rings. The van der Waals surface area contributed by atoms with Gasteiger partial charge < -0.3 is 0 Å². The molecule has 4 unspecified atom stereocenters. The van der Waals surface area contributed by atoms with E-state index >= 15 is 0 Å². The zero-order chi connectivity index (χ0) is 16.8. The van der Waals surface area contributed by atoms with Crippen molar-refractivity contribution in [3.8, 4) is 0 Å². The maximum absolute atomic E-state index is 11.4. The highest BCUT2D eigenvalue weighted by Crippen LogP contribution is 2.28. The van der Waals surface area contributed by atoms with Crippen LogP contribution in [0.5, 0.6) is 0 Å². The molecule has 2 N–H and O–H groups in total. The number of hydrogen-bond donors (Lipinski definition) is 2. The van der Waals surface area contributed by atoms with Crippen LogP contribution in [0.4, 0.5) is 0 Å². The lowest BCUT2D eigenvalue weighted by Crippen LogP contribution is -2.33. The lowest BCUT2D eigenvalue weighted by Gasteiger charge is -2.27. The molecule has 0 radical (unpaired) electrons. The van der Waals surface area contributed by atoms with E-state index in [2.05, 4.69) is 0 Å². The molecule has 0 spiro atoms. The standard InChI is InChI=1S/C13H28O6S2/c1-5-7-12(20(14,15)16)10(3)9-11(4)13(8-6-2)21(17,18)19/h10-13H,5-9H2,1-4H3,(H,14,15,16)(H,17,18,19). The van der Waals surface area contributed by atoms with Gasteiger partial charge in [-0.05, 0) is 31.1 Å². The molecule has 0 aromatic rings. The molecule has 0 heterocycles. The van der Waals surface area contributed by atoms with Gasteiger partial charge in [-0.25, -0.2) is 0 Å². The average Bonchev–Trinajstić information content (AvgIpc) is 2.29. The predicted octanol–water partition coefficient (Wildman–Crippen LogP) is 2.76. The minimum absolute atomic E-state index is 0.314. The highest BCUT2D eigenvalue weighted by Gasteiger charge is 2.34. The average molecular weight is 344 g/mol. The molecule has 0 fully saturated rings. The van der Waals surface area contributed by atoms with Crippen molar-refractivity contribution in [3.05, 3.63) is 0 Å². The molecule has 0 amide bonds. The highest BCUT2D eigenvalue weighted by atomic mass is 32.2. The van der Waals surface area contributed by atoms with Gasteiger partial charge in [-0.15, -0.1) is 0 Å². The fourth-order valence-corrected chi connectivity index (χ4v) is 5.38. The molecule has 4 atom stereocenters. The molecule has 21 heavy (non-hydrogen) atoms. The third-order valence-corrected chi connectivity index (χ3v) is 6.86. The summed E-state index contributed by atoms with van der Waals surface area (Å²) in [6.07, 6.45) is 2.20. The Balaban J connectivity index is 5.06. The van der Waals surface area contributed by atoms with Crippen LogP contribution in [-0.2, 0) is 20.2 Å². The SMILES string of the molecule is CCCC(C(C)CC(C)C(CCC)S(=O)(=O)O)S(=O)(=O)O. The Labute approximate surface area is 128 Å². The van der Waals surface area contributed by atoms with Crippen molar-refractivity contribution in [2.24, 2.45) is 11.8 Å². The Kier molecular flexibility index (Phi) is 8.38. The summed E-state index contributed by atoms with van der Waals surface area (Å²) in [6, 6.07) is 0. The summed E-state index contributed by atoms with van der Waals surface area (Å²) in [5.74, 6) is -0.757. The molecule has 6 nitrogen and oxygen atoms in total. The Morgan fingerprint density at radius 2 is 1.05 bits per heavy atom. The van der Waals surface area contributed by atoms with Crippen molar-refractivity contribution in [3.63, 3.8) is 0 Å². The summed E-state index contributed by atoms with van der Waals surface area (Å²) in [6.45, 7) is 7.04. The van der Waals surface area contributed by atoms with E-state index in [0.29, 0.717) is 32.1 Å². The van der Waals surface area contributed by atoms with E-state index < -0.39 is 30.7 Å². The van der Waals surface area contributed by atoms with Crippen LogP contribution in [0.25, 0.3) is 0 Å². The zero-order valence-electron chi connectivity index (χ0n) is 13.2. The van der Waals surface area contributed by atoms with Gasteiger partial charge >= 0.3 is 0 Å². The molecule has 0 aliphatic carbocycles. The summed E-state index contributed by atoms with van der Waals surface area (Å²) in [4.78, 5) is 0. The van der Waals surface area contributed by atoms with Crippen molar-refractivity contribution in [2.45, 2.75) is 70.3 Å². The number of rotatable bonds is 10. The number of hydrogen-bond acceptors (Lipinski definition) is 4. The molecular weight excluding hydrogens is 316 g/mol. The quantitative estimate of drug-likeness (QED) is 0.590. The second-order valence-corrected chi connectivity index (χ2v) is 9.15. The summed E-state index contributed by atoms with van der Waals surface area (Å²) in [5, 5.41) is -1.79. The van der Waals surface area contributed by atoms with Crippen molar-refractivity contribution < 1.29 is 25.9 Å². The van der Waals surface area contributed by atoms with E-state index in [1.54, 1.807) is 13.8 Å². The largest absolute Gasteiger partial charge is 0.285 e. The fourth-order valence-electron chi connectivity index (χ4n) is 2.91. The normalized spacial score (nSPS) is 19.0. The van der Waals surface area contributed by atoms with Crippen LogP contribution in [0.3, 0.4) is 0 Å². The second-order valence-electron chi connectivity index (χ2n) is 5.87. The third kappa shape index (κ3) is 7.08. The highest BCUT2D eigenvalue weighted by molar-refractivity contribution is 7.86. The Bertz CT molecular complexity index is 451. The van der Waals surface area contributed by atoms with Gasteiger partial charge in [0.15, 0.2) is 0 Å². The predicted molar refractivity (Wildman–Crippen MR) is 83.4 cm³/mol. The monoisotopic (exact) mass is 344 g/mol. The first-order chi connectivity index (χ1) is 9.45. The molecule has 0 bridgehead atoms. The molecule has 0 aromatic heterocycles. The third-order valence-electron chi connectivity index (χ3n) is 3.92. The van der Waals surface area contributed by atoms with Gasteiger partial charge in [0.2, 0.25) is 0 Å². The van der Waals surface area contributed by atoms with E-state index in [4.69, 9.17) is 0 Å². The minimum Gasteiger partial charge on any atom is -0.285 e. The van der Waals surface area contributed by atoms with Crippen LogP contribution in [0.1, 0.15) is 59.8 Å². The molecule has 128 valence electrons. The van der Waals surface area contributed by atoms with Crippen molar-refractivity contribution >= 4 is 20.2 Å². The molecule has 0 aliphatic heterocycles. The van der Waals surface area contributed by atoms with Crippen molar-refractivity contribution in [1.82, 2.24) is 0 Å². The molecule has 0 saturated carbocycles. The van der Waals surface area contributed by atoms with E-state index in [1.165, 1.54) is 0 Å². The topological polar surface area (TPSA) is 109 Å².